The number of ether oxygens (including phenoxy) is 2. The maximum atomic E-state index is 14.4. The van der Waals surface area contributed by atoms with Crippen molar-refractivity contribution in [1.29, 1.82) is 0 Å². The molecule has 3 nitrogen and oxygen atoms in total. The Kier molecular flexibility index (Phi) is 8.60. The summed E-state index contributed by atoms with van der Waals surface area (Å²) in [6.45, 7) is 1.33. The molecule has 0 saturated heterocycles. The number of unbranched alkanes of at least 4 members (excludes halogenated alkanes) is 2. The molecule has 0 saturated carbocycles. The Labute approximate surface area is 202 Å². The van der Waals surface area contributed by atoms with Crippen LogP contribution in [-0.2, 0) is 10.7 Å². The second-order valence-electron chi connectivity index (χ2n) is 8.25. The van der Waals surface area contributed by atoms with Gasteiger partial charge >= 0.3 is 0 Å². The van der Waals surface area contributed by atoms with E-state index in [1.807, 2.05) is 115 Å². The molecule has 0 atom stereocenters. The van der Waals surface area contributed by atoms with Crippen LogP contribution in [0.15, 0.2) is 115 Å². The average molecular weight is 471 g/mol. The van der Waals surface area contributed by atoms with E-state index in [0.717, 1.165) is 46.9 Å². The molecule has 0 fully saturated rings. The quantitative estimate of drug-likeness (QED) is 0.168. The van der Waals surface area contributed by atoms with Crippen molar-refractivity contribution in [2.45, 2.75) is 25.4 Å². The maximum absolute atomic E-state index is 14.4. The fraction of sp³-hybridized carbons (Fsp3) is 0.200. The Bertz CT molecular complexity index is 1130. The van der Waals surface area contributed by atoms with Crippen LogP contribution in [-0.4, -0.2) is 13.2 Å². The zero-order chi connectivity index (χ0) is 23.5. The molecule has 0 amide bonds. The summed E-state index contributed by atoms with van der Waals surface area (Å²) in [6.07, 6.45) is 3.39. The molecule has 0 spiro atoms. The van der Waals surface area contributed by atoms with Crippen LogP contribution in [0, 0.1) is 0 Å². The first kappa shape index (κ1) is 23.9. The van der Waals surface area contributed by atoms with Crippen LogP contribution in [0.3, 0.4) is 0 Å². The van der Waals surface area contributed by atoms with Crippen LogP contribution in [0.2, 0.25) is 0 Å². The van der Waals surface area contributed by atoms with Crippen LogP contribution in [0.1, 0.15) is 24.8 Å². The first-order valence-corrected chi connectivity index (χ1v) is 13.7. The average Bonchev–Trinajstić information content (AvgIpc) is 2.90. The van der Waals surface area contributed by atoms with E-state index in [2.05, 4.69) is 0 Å². The molecule has 4 aromatic rings. The summed E-state index contributed by atoms with van der Waals surface area (Å²) in [5, 5.41) is 1.74. The summed E-state index contributed by atoms with van der Waals surface area (Å²) < 4.78 is 26.3. The molecule has 0 radical (unpaired) electrons. The largest absolute Gasteiger partial charge is 0.494 e. The SMILES string of the molecule is O=P(Cc1ccccc1OCCCCCOc1ccccc1)(c1ccccc1)c1ccccc1. The minimum absolute atomic E-state index is 0.433. The molecule has 0 aliphatic heterocycles. The van der Waals surface area contributed by atoms with Gasteiger partial charge in [0.15, 0.2) is 0 Å². The van der Waals surface area contributed by atoms with E-state index in [4.69, 9.17) is 9.47 Å². The number of para-hydroxylation sites is 2. The van der Waals surface area contributed by atoms with Gasteiger partial charge in [0, 0.05) is 22.3 Å². The highest BCUT2D eigenvalue weighted by Crippen LogP contribution is 2.48. The second-order valence-corrected chi connectivity index (χ2v) is 11.1. The molecule has 174 valence electrons. The van der Waals surface area contributed by atoms with Gasteiger partial charge in [0.25, 0.3) is 0 Å². The van der Waals surface area contributed by atoms with Gasteiger partial charge in [-0.2, -0.15) is 0 Å². The van der Waals surface area contributed by atoms with E-state index in [0.29, 0.717) is 19.4 Å². The third-order valence-corrected chi connectivity index (χ3v) is 8.82. The molecule has 0 aliphatic rings. The topological polar surface area (TPSA) is 35.5 Å². The number of rotatable bonds is 12. The highest BCUT2D eigenvalue weighted by molar-refractivity contribution is 7.78. The highest BCUT2D eigenvalue weighted by atomic mass is 31.2. The summed E-state index contributed by atoms with van der Waals surface area (Å²) in [6, 6.07) is 37.5. The zero-order valence-electron chi connectivity index (χ0n) is 19.4. The summed E-state index contributed by atoms with van der Waals surface area (Å²) in [5.74, 6) is 1.73. The summed E-state index contributed by atoms with van der Waals surface area (Å²) >= 11 is 0. The lowest BCUT2D eigenvalue weighted by Crippen LogP contribution is -2.17. The Morgan fingerprint density at radius 1 is 0.529 bits per heavy atom. The van der Waals surface area contributed by atoms with Crippen molar-refractivity contribution in [3.8, 4) is 11.5 Å². The van der Waals surface area contributed by atoms with Gasteiger partial charge in [0.2, 0.25) is 0 Å². The van der Waals surface area contributed by atoms with Gasteiger partial charge in [-0.25, -0.2) is 0 Å². The summed E-state index contributed by atoms with van der Waals surface area (Å²) in [4.78, 5) is 0. The standard InChI is InChI=1S/C30H31O3P/c31-34(28-18-7-2-8-19-28,29-20-9-3-10-21-29)25-26-15-11-12-22-30(26)33-24-14-4-13-23-32-27-16-5-1-6-17-27/h1-3,5-12,15-22H,4,13-14,23-25H2. The van der Waals surface area contributed by atoms with Gasteiger partial charge in [-0.1, -0.05) is 97.1 Å². The monoisotopic (exact) mass is 470 g/mol. The molecule has 0 N–H and O–H groups in total. The van der Waals surface area contributed by atoms with E-state index >= 15 is 0 Å². The fourth-order valence-electron chi connectivity index (χ4n) is 3.95. The minimum atomic E-state index is -2.85. The van der Waals surface area contributed by atoms with Crippen LogP contribution in [0.4, 0.5) is 0 Å². The maximum Gasteiger partial charge on any atom is 0.147 e. The lowest BCUT2D eigenvalue weighted by Gasteiger charge is -2.21. The highest BCUT2D eigenvalue weighted by Gasteiger charge is 2.28. The van der Waals surface area contributed by atoms with Crippen molar-refractivity contribution < 1.29 is 14.0 Å². The molecular weight excluding hydrogens is 439 g/mol. The predicted octanol–water partition coefficient (Wildman–Crippen LogP) is 6.83. The first-order valence-electron chi connectivity index (χ1n) is 11.8. The molecular formula is C30H31O3P. The number of benzene rings is 4. The van der Waals surface area contributed by atoms with E-state index in [9.17, 15) is 4.57 Å². The molecule has 4 aromatic carbocycles. The van der Waals surface area contributed by atoms with Gasteiger partial charge in [-0.05, 0) is 37.5 Å². The summed E-state index contributed by atoms with van der Waals surface area (Å²) in [5.41, 5.74) is 0.978. The third kappa shape index (κ3) is 6.40. The molecule has 0 unspecified atom stereocenters. The van der Waals surface area contributed by atoms with Crippen molar-refractivity contribution in [3.05, 3.63) is 121 Å². The van der Waals surface area contributed by atoms with Gasteiger partial charge < -0.3 is 14.0 Å². The molecule has 0 heterocycles. The van der Waals surface area contributed by atoms with E-state index in [-0.39, 0.29) is 0 Å². The third-order valence-electron chi connectivity index (χ3n) is 5.77. The molecule has 34 heavy (non-hydrogen) atoms. The minimum Gasteiger partial charge on any atom is -0.494 e. The molecule has 0 aromatic heterocycles. The van der Waals surface area contributed by atoms with Crippen LogP contribution < -0.4 is 20.1 Å². The van der Waals surface area contributed by atoms with Gasteiger partial charge in [-0.3, -0.25) is 0 Å². The normalized spacial score (nSPS) is 11.2. The Balaban J connectivity index is 1.37. The first-order chi connectivity index (χ1) is 16.8. The number of hydrogen-bond donors (Lipinski definition) is 0. The second kappa shape index (κ2) is 12.3. The van der Waals surface area contributed by atoms with Crippen molar-refractivity contribution in [2.24, 2.45) is 0 Å². The molecule has 4 rings (SSSR count). The lowest BCUT2D eigenvalue weighted by atomic mass is 10.2. The van der Waals surface area contributed by atoms with Crippen molar-refractivity contribution in [1.82, 2.24) is 0 Å². The van der Waals surface area contributed by atoms with E-state index in [1.165, 1.54) is 0 Å². The van der Waals surface area contributed by atoms with Crippen LogP contribution in [0.25, 0.3) is 0 Å². The summed E-state index contributed by atoms with van der Waals surface area (Å²) in [7, 11) is -2.85. The van der Waals surface area contributed by atoms with E-state index in [1.54, 1.807) is 0 Å². The van der Waals surface area contributed by atoms with Crippen molar-refractivity contribution in [3.63, 3.8) is 0 Å². The van der Waals surface area contributed by atoms with Crippen molar-refractivity contribution >= 4 is 17.8 Å². The van der Waals surface area contributed by atoms with Gasteiger partial charge in [0.05, 0.1) is 13.2 Å². The van der Waals surface area contributed by atoms with Gasteiger partial charge in [0.1, 0.15) is 18.6 Å². The van der Waals surface area contributed by atoms with Crippen LogP contribution in [0.5, 0.6) is 11.5 Å². The van der Waals surface area contributed by atoms with Crippen molar-refractivity contribution in [2.75, 3.05) is 13.2 Å². The predicted molar refractivity (Wildman–Crippen MR) is 141 cm³/mol. The Hall–Kier alpha value is -3.29. The molecule has 0 bridgehead atoms. The van der Waals surface area contributed by atoms with E-state index < -0.39 is 7.14 Å². The van der Waals surface area contributed by atoms with Crippen LogP contribution >= 0.6 is 7.14 Å². The smallest absolute Gasteiger partial charge is 0.147 e. The molecule has 0 aliphatic carbocycles. The lowest BCUT2D eigenvalue weighted by molar-refractivity contribution is 0.278. The zero-order valence-corrected chi connectivity index (χ0v) is 20.3. The Morgan fingerprint density at radius 2 is 1.03 bits per heavy atom. The Morgan fingerprint density at radius 3 is 1.65 bits per heavy atom. The molecule has 4 heteroatoms. The van der Waals surface area contributed by atoms with Gasteiger partial charge in [-0.15, -0.1) is 0 Å². The number of hydrogen-bond acceptors (Lipinski definition) is 3. The fourth-order valence-corrected chi connectivity index (χ4v) is 6.67.